The molecule has 1 aliphatic heterocycles. The number of nitrogens with zero attached hydrogens (tertiary/aromatic N) is 1. The Morgan fingerprint density at radius 2 is 1.78 bits per heavy atom. The number of hydrogen-bond donors (Lipinski definition) is 2. The molecule has 0 aliphatic carbocycles. The van der Waals surface area contributed by atoms with E-state index in [1.165, 1.54) is 0 Å². The summed E-state index contributed by atoms with van der Waals surface area (Å²) in [7, 11) is 0. The Labute approximate surface area is 137 Å². The summed E-state index contributed by atoms with van der Waals surface area (Å²) in [5, 5.41) is 5.74. The summed E-state index contributed by atoms with van der Waals surface area (Å²) in [4.78, 5) is 25.8. The van der Waals surface area contributed by atoms with Gasteiger partial charge in [0.05, 0.1) is 13.2 Å². The Morgan fingerprint density at radius 1 is 1.04 bits per heavy atom. The van der Waals surface area contributed by atoms with Crippen molar-refractivity contribution in [1.29, 1.82) is 0 Å². The molecule has 2 rings (SSSR count). The third-order valence-electron chi connectivity index (χ3n) is 3.76. The molecule has 1 aromatic rings. The zero-order chi connectivity index (χ0) is 16.3. The van der Waals surface area contributed by atoms with Crippen LogP contribution in [0.3, 0.4) is 0 Å². The van der Waals surface area contributed by atoms with Gasteiger partial charge >= 0.3 is 0 Å². The minimum Gasteiger partial charge on any atom is -0.379 e. The van der Waals surface area contributed by atoms with Crippen LogP contribution >= 0.6 is 0 Å². The van der Waals surface area contributed by atoms with Crippen molar-refractivity contribution in [2.24, 2.45) is 0 Å². The predicted molar refractivity (Wildman–Crippen MR) is 88.3 cm³/mol. The van der Waals surface area contributed by atoms with E-state index in [4.69, 9.17) is 4.74 Å². The molecule has 0 aromatic heterocycles. The predicted octanol–water partition coefficient (Wildman–Crippen LogP) is 0.645. The van der Waals surface area contributed by atoms with Crippen LogP contribution in [0.15, 0.2) is 30.3 Å². The van der Waals surface area contributed by atoms with Crippen molar-refractivity contribution in [3.63, 3.8) is 0 Å². The highest BCUT2D eigenvalue weighted by Gasteiger charge is 2.10. The van der Waals surface area contributed by atoms with E-state index >= 15 is 0 Å². The molecule has 2 amide bonds. The molecule has 1 saturated heterocycles. The molecule has 2 N–H and O–H groups in total. The van der Waals surface area contributed by atoms with Gasteiger partial charge in [-0.05, 0) is 18.6 Å². The molecule has 126 valence electrons. The highest BCUT2D eigenvalue weighted by Crippen LogP contribution is 1.98. The van der Waals surface area contributed by atoms with E-state index in [-0.39, 0.29) is 11.8 Å². The fourth-order valence-electron chi connectivity index (χ4n) is 2.41. The van der Waals surface area contributed by atoms with Crippen molar-refractivity contribution in [2.75, 3.05) is 45.9 Å². The second-order valence-corrected chi connectivity index (χ2v) is 5.53. The SMILES string of the molecule is O=C(CCCNC(=O)c1ccccc1)NCCN1CCOCC1. The van der Waals surface area contributed by atoms with E-state index in [2.05, 4.69) is 15.5 Å². The van der Waals surface area contributed by atoms with E-state index < -0.39 is 0 Å². The maximum atomic E-state index is 11.8. The van der Waals surface area contributed by atoms with E-state index in [1.807, 2.05) is 18.2 Å². The number of carbonyl (C=O) groups excluding carboxylic acids is 2. The number of amides is 2. The molecule has 0 spiro atoms. The zero-order valence-electron chi connectivity index (χ0n) is 13.4. The van der Waals surface area contributed by atoms with Gasteiger partial charge in [0.2, 0.25) is 5.91 Å². The molecule has 0 radical (unpaired) electrons. The Balaban J connectivity index is 1.50. The van der Waals surface area contributed by atoms with E-state index in [1.54, 1.807) is 12.1 Å². The first-order valence-corrected chi connectivity index (χ1v) is 8.16. The molecule has 0 bridgehead atoms. The Morgan fingerprint density at radius 3 is 2.52 bits per heavy atom. The van der Waals surface area contributed by atoms with Gasteiger partial charge in [-0.25, -0.2) is 0 Å². The molecule has 6 heteroatoms. The lowest BCUT2D eigenvalue weighted by Gasteiger charge is -2.26. The number of morpholine rings is 1. The Hall–Kier alpha value is -1.92. The summed E-state index contributed by atoms with van der Waals surface area (Å²) in [6.07, 6.45) is 1.07. The van der Waals surface area contributed by atoms with E-state index in [0.29, 0.717) is 31.5 Å². The lowest BCUT2D eigenvalue weighted by molar-refractivity contribution is -0.121. The third-order valence-corrected chi connectivity index (χ3v) is 3.76. The van der Waals surface area contributed by atoms with Gasteiger partial charge in [-0.3, -0.25) is 14.5 Å². The second-order valence-electron chi connectivity index (χ2n) is 5.53. The van der Waals surface area contributed by atoms with Crippen molar-refractivity contribution in [1.82, 2.24) is 15.5 Å². The number of nitrogens with one attached hydrogen (secondary N) is 2. The molecule has 1 aromatic carbocycles. The minimum atomic E-state index is -0.0988. The average Bonchev–Trinajstić information content (AvgIpc) is 2.60. The van der Waals surface area contributed by atoms with Crippen LogP contribution in [0.4, 0.5) is 0 Å². The van der Waals surface area contributed by atoms with Crippen molar-refractivity contribution in [3.05, 3.63) is 35.9 Å². The van der Waals surface area contributed by atoms with Crippen molar-refractivity contribution >= 4 is 11.8 Å². The molecular weight excluding hydrogens is 294 g/mol. The van der Waals surface area contributed by atoms with Crippen LogP contribution in [0.1, 0.15) is 23.2 Å². The van der Waals surface area contributed by atoms with Gasteiger partial charge < -0.3 is 15.4 Å². The molecule has 1 aliphatic rings. The van der Waals surface area contributed by atoms with Crippen LogP contribution < -0.4 is 10.6 Å². The van der Waals surface area contributed by atoms with Crippen LogP contribution in [-0.2, 0) is 9.53 Å². The molecule has 0 saturated carbocycles. The van der Waals surface area contributed by atoms with Gasteiger partial charge in [-0.15, -0.1) is 0 Å². The molecular formula is C17H25N3O3. The first-order chi connectivity index (χ1) is 11.3. The highest BCUT2D eigenvalue weighted by molar-refractivity contribution is 5.94. The van der Waals surface area contributed by atoms with Gasteiger partial charge in [0, 0.05) is 44.7 Å². The van der Waals surface area contributed by atoms with Gasteiger partial charge in [0.1, 0.15) is 0 Å². The topological polar surface area (TPSA) is 70.7 Å². The third kappa shape index (κ3) is 6.80. The fourth-order valence-corrected chi connectivity index (χ4v) is 2.41. The second kappa shape index (κ2) is 9.97. The van der Waals surface area contributed by atoms with Crippen LogP contribution in [-0.4, -0.2) is 62.7 Å². The zero-order valence-corrected chi connectivity index (χ0v) is 13.4. The first-order valence-electron chi connectivity index (χ1n) is 8.16. The number of carbonyl (C=O) groups is 2. The molecule has 0 atom stereocenters. The summed E-state index contributed by atoms with van der Waals surface area (Å²) >= 11 is 0. The standard InChI is InChI=1S/C17H25N3O3/c21-16(18-9-10-20-11-13-23-14-12-20)7-4-8-19-17(22)15-5-2-1-3-6-15/h1-3,5-6H,4,7-14H2,(H,18,21)(H,19,22). The molecule has 23 heavy (non-hydrogen) atoms. The van der Waals surface area contributed by atoms with Crippen LogP contribution in [0.2, 0.25) is 0 Å². The monoisotopic (exact) mass is 319 g/mol. The van der Waals surface area contributed by atoms with Crippen LogP contribution in [0.5, 0.6) is 0 Å². The number of benzene rings is 1. The molecule has 1 heterocycles. The van der Waals surface area contributed by atoms with Crippen LogP contribution in [0.25, 0.3) is 0 Å². The van der Waals surface area contributed by atoms with Crippen molar-refractivity contribution in [3.8, 4) is 0 Å². The van der Waals surface area contributed by atoms with Gasteiger partial charge in [-0.2, -0.15) is 0 Å². The lowest BCUT2D eigenvalue weighted by atomic mass is 10.2. The largest absolute Gasteiger partial charge is 0.379 e. The van der Waals surface area contributed by atoms with Gasteiger partial charge in [-0.1, -0.05) is 18.2 Å². The van der Waals surface area contributed by atoms with Crippen molar-refractivity contribution in [2.45, 2.75) is 12.8 Å². The first kappa shape index (κ1) is 17.4. The van der Waals surface area contributed by atoms with Gasteiger partial charge in [0.25, 0.3) is 5.91 Å². The summed E-state index contributed by atoms with van der Waals surface area (Å²) in [5.74, 6) is -0.0643. The smallest absolute Gasteiger partial charge is 0.251 e. The Bertz CT molecular complexity index is 487. The summed E-state index contributed by atoms with van der Waals surface area (Å²) < 4.78 is 5.28. The maximum Gasteiger partial charge on any atom is 0.251 e. The minimum absolute atomic E-state index is 0.0345. The molecule has 1 fully saturated rings. The lowest BCUT2D eigenvalue weighted by Crippen LogP contribution is -2.41. The van der Waals surface area contributed by atoms with E-state index in [9.17, 15) is 9.59 Å². The summed E-state index contributed by atoms with van der Waals surface area (Å²) in [6, 6.07) is 9.08. The maximum absolute atomic E-state index is 11.8. The molecule has 0 unspecified atom stereocenters. The van der Waals surface area contributed by atoms with Crippen LogP contribution in [0, 0.1) is 0 Å². The highest BCUT2D eigenvalue weighted by atomic mass is 16.5. The number of hydrogen-bond acceptors (Lipinski definition) is 4. The molecule has 6 nitrogen and oxygen atoms in total. The number of rotatable bonds is 8. The quantitative estimate of drug-likeness (QED) is 0.690. The normalized spacial score (nSPS) is 15.1. The van der Waals surface area contributed by atoms with Crippen molar-refractivity contribution < 1.29 is 14.3 Å². The van der Waals surface area contributed by atoms with E-state index in [0.717, 1.165) is 32.8 Å². The Kier molecular flexibility index (Phi) is 7.56. The van der Waals surface area contributed by atoms with Gasteiger partial charge in [0.15, 0.2) is 0 Å². The number of ether oxygens (including phenoxy) is 1. The average molecular weight is 319 g/mol. The summed E-state index contributed by atoms with van der Waals surface area (Å²) in [5.41, 5.74) is 0.641. The fraction of sp³-hybridized carbons (Fsp3) is 0.529. The summed E-state index contributed by atoms with van der Waals surface area (Å²) in [6.45, 7) is 5.44.